The molecule has 12 nitrogen and oxygen atoms in total. The third kappa shape index (κ3) is 4.39. The summed E-state index contributed by atoms with van der Waals surface area (Å²) < 4.78 is -0.680. The maximum Gasteiger partial charge on any atom is 0.335 e. The first kappa shape index (κ1) is 27.3. The summed E-state index contributed by atoms with van der Waals surface area (Å²) in [4.78, 5) is 48.5. The largest absolute Gasteiger partial charge is 0.480 e. The first-order valence-corrected chi connectivity index (χ1v) is 9.04. The maximum atomic E-state index is 12.4. The van der Waals surface area contributed by atoms with Gasteiger partial charge in [-0.2, -0.15) is 0 Å². The Kier molecular flexibility index (Phi) is 8.55. The predicted molar refractivity (Wildman–Crippen MR) is 107 cm³/mol. The Morgan fingerprint density at radius 3 is 2.13 bits per heavy atom. The lowest BCUT2D eigenvalue weighted by Gasteiger charge is -2.43. The topological polar surface area (TPSA) is 245 Å². The number of nitrogens with two attached hydrogens (primary N) is 1. The third-order valence-electron chi connectivity index (χ3n) is 4.77. The van der Waals surface area contributed by atoms with E-state index in [1.165, 1.54) is 40.9 Å². The molecule has 1 aromatic rings. The molecule has 2 saturated heterocycles. The summed E-state index contributed by atoms with van der Waals surface area (Å²) in [5.41, 5.74) is 6.39. The molecule has 11 N–H and O–H groups in total. The molecule has 0 saturated carbocycles. The highest BCUT2D eigenvalue weighted by Gasteiger charge is 2.64. The number of β-lactam (4-membered cyclic amide) rings is 1. The van der Waals surface area contributed by atoms with Crippen LogP contribution < -0.4 is 11.1 Å². The highest BCUT2D eigenvalue weighted by molar-refractivity contribution is 8.01. The van der Waals surface area contributed by atoms with Gasteiger partial charge in [0.15, 0.2) is 0 Å². The van der Waals surface area contributed by atoms with Crippen molar-refractivity contribution in [2.24, 2.45) is 5.73 Å². The zero-order valence-corrected chi connectivity index (χ0v) is 16.9. The van der Waals surface area contributed by atoms with Gasteiger partial charge in [-0.1, -0.05) is 12.1 Å². The van der Waals surface area contributed by atoms with E-state index in [1.54, 1.807) is 13.8 Å². The van der Waals surface area contributed by atoms with Crippen LogP contribution in [0.15, 0.2) is 24.3 Å². The highest BCUT2D eigenvalue weighted by Crippen LogP contribution is 2.50. The van der Waals surface area contributed by atoms with Gasteiger partial charge in [0.25, 0.3) is 0 Å². The van der Waals surface area contributed by atoms with Crippen molar-refractivity contribution >= 4 is 35.5 Å². The van der Waals surface area contributed by atoms with Crippen LogP contribution >= 0.6 is 11.8 Å². The number of carboxylic acid groups (broad SMARTS) is 2. The van der Waals surface area contributed by atoms with Gasteiger partial charge in [0, 0.05) is 4.75 Å². The van der Waals surface area contributed by atoms with Crippen LogP contribution in [0.3, 0.4) is 0 Å². The molecule has 0 aliphatic carbocycles. The number of carbonyl (C=O) groups excluding carboxylic acids is 2. The lowest BCUT2D eigenvalue weighted by atomic mass is 9.95. The molecule has 3 rings (SSSR count). The van der Waals surface area contributed by atoms with Crippen molar-refractivity contribution in [1.82, 2.24) is 10.2 Å². The van der Waals surface area contributed by atoms with Crippen molar-refractivity contribution < 1.29 is 45.8 Å². The van der Waals surface area contributed by atoms with Gasteiger partial charge in [-0.3, -0.25) is 9.59 Å². The lowest BCUT2D eigenvalue weighted by molar-refractivity contribution is -0.161. The molecule has 0 aromatic heterocycles. The van der Waals surface area contributed by atoms with E-state index < -0.39 is 52.0 Å². The average Bonchev–Trinajstić information content (AvgIpc) is 2.87. The summed E-state index contributed by atoms with van der Waals surface area (Å²) in [5, 5.41) is 20.4. The minimum absolute atomic E-state index is 0. The number of aromatic carboxylic acids is 1. The van der Waals surface area contributed by atoms with Crippen molar-refractivity contribution in [3.8, 4) is 0 Å². The fourth-order valence-corrected chi connectivity index (χ4v) is 5.00. The second-order valence-electron chi connectivity index (χ2n) is 6.99. The fourth-order valence-electron chi connectivity index (χ4n) is 3.37. The van der Waals surface area contributed by atoms with Crippen LogP contribution in [-0.4, -0.2) is 77.5 Å². The lowest BCUT2D eigenvalue weighted by Crippen LogP contribution is -2.71. The van der Waals surface area contributed by atoms with Gasteiger partial charge in [0.1, 0.15) is 23.5 Å². The zero-order valence-electron chi connectivity index (χ0n) is 16.1. The van der Waals surface area contributed by atoms with Crippen LogP contribution in [0.25, 0.3) is 0 Å². The SMILES string of the molecule is CC1(C)S[C@@H]2[C@H](NC(=O)[C@H](N)c3ccc(C(=O)O)cc3)C(=O)N2[C@H]1C(=O)O.O.O.O. The van der Waals surface area contributed by atoms with Crippen molar-refractivity contribution in [2.45, 2.75) is 42.1 Å². The number of amides is 2. The van der Waals surface area contributed by atoms with Gasteiger partial charge in [0.05, 0.1) is 5.56 Å². The van der Waals surface area contributed by atoms with Gasteiger partial charge in [0.2, 0.25) is 11.8 Å². The smallest absolute Gasteiger partial charge is 0.335 e. The summed E-state index contributed by atoms with van der Waals surface area (Å²) in [6.45, 7) is 3.49. The zero-order chi connectivity index (χ0) is 20.1. The van der Waals surface area contributed by atoms with Crippen molar-refractivity contribution in [3.63, 3.8) is 0 Å². The summed E-state index contributed by atoms with van der Waals surface area (Å²) in [6.07, 6.45) is 0. The number of rotatable bonds is 5. The predicted octanol–water partition coefficient (Wildman–Crippen LogP) is -2.46. The Labute approximate surface area is 175 Å². The average molecular weight is 447 g/mol. The van der Waals surface area contributed by atoms with Crippen LogP contribution in [0, 0.1) is 0 Å². The Morgan fingerprint density at radius 2 is 1.67 bits per heavy atom. The number of hydrogen-bond donors (Lipinski definition) is 4. The summed E-state index contributed by atoms with van der Waals surface area (Å²) in [6, 6.07) is 2.69. The number of aliphatic carboxylic acids is 1. The second-order valence-corrected chi connectivity index (χ2v) is 8.76. The number of carboxylic acids is 2. The van der Waals surface area contributed by atoms with E-state index in [0.717, 1.165) is 0 Å². The van der Waals surface area contributed by atoms with Gasteiger partial charge in [-0.15, -0.1) is 11.8 Å². The Balaban J connectivity index is 0.00000280. The number of nitrogens with one attached hydrogen (secondary N) is 1. The Morgan fingerprint density at radius 1 is 1.13 bits per heavy atom. The summed E-state index contributed by atoms with van der Waals surface area (Å²) in [7, 11) is 0. The molecular weight excluding hydrogens is 422 g/mol. The minimum atomic E-state index is -1.09. The van der Waals surface area contributed by atoms with E-state index >= 15 is 0 Å². The van der Waals surface area contributed by atoms with Crippen molar-refractivity contribution in [2.75, 3.05) is 0 Å². The van der Waals surface area contributed by atoms with Crippen LogP contribution in [0.5, 0.6) is 0 Å². The minimum Gasteiger partial charge on any atom is -0.480 e. The number of carbonyl (C=O) groups is 4. The monoisotopic (exact) mass is 447 g/mol. The molecule has 2 amide bonds. The van der Waals surface area contributed by atoms with E-state index in [1.807, 2.05) is 0 Å². The number of thioether (sulfide) groups is 1. The molecule has 13 heteroatoms. The molecular formula is C17H25N3O9S. The molecule has 0 spiro atoms. The normalized spacial score (nSPS) is 24.0. The van der Waals surface area contributed by atoms with Crippen LogP contribution in [0.2, 0.25) is 0 Å². The van der Waals surface area contributed by atoms with Crippen molar-refractivity contribution in [1.29, 1.82) is 0 Å². The fraction of sp³-hybridized carbons (Fsp3) is 0.412. The molecule has 0 radical (unpaired) electrons. The molecule has 2 heterocycles. The third-order valence-corrected chi connectivity index (χ3v) is 6.34. The first-order valence-electron chi connectivity index (χ1n) is 8.16. The molecule has 1 aromatic carbocycles. The molecule has 2 aliphatic rings. The van der Waals surface area contributed by atoms with Crippen LogP contribution in [0.1, 0.15) is 35.8 Å². The van der Waals surface area contributed by atoms with E-state index in [9.17, 15) is 24.3 Å². The number of benzene rings is 1. The molecule has 30 heavy (non-hydrogen) atoms. The molecule has 168 valence electrons. The highest BCUT2D eigenvalue weighted by atomic mass is 32.2. The number of hydrogen-bond acceptors (Lipinski definition) is 6. The molecule has 0 unspecified atom stereocenters. The Hall–Kier alpha value is -2.71. The van der Waals surface area contributed by atoms with E-state index in [4.69, 9.17) is 10.8 Å². The van der Waals surface area contributed by atoms with E-state index in [-0.39, 0.29) is 22.0 Å². The van der Waals surface area contributed by atoms with Gasteiger partial charge in [-0.05, 0) is 31.5 Å². The first-order chi connectivity index (χ1) is 12.5. The van der Waals surface area contributed by atoms with Gasteiger partial charge in [-0.25, -0.2) is 9.59 Å². The molecule has 4 atom stereocenters. The number of nitrogens with zero attached hydrogens (tertiary/aromatic N) is 1. The van der Waals surface area contributed by atoms with E-state index in [0.29, 0.717) is 5.56 Å². The summed E-state index contributed by atoms with van der Waals surface area (Å²) in [5.74, 6) is -3.21. The standard InChI is InChI=1S/C17H19N3O6S.3H2O/c1-17(2)11(16(25)26)20-13(22)10(14(20)27-17)19-12(21)9(18)7-3-5-8(6-4-7)15(23)24;;;/h3-6,9-11,14H,18H2,1-2H3,(H,19,21)(H,23,24)(H,25,26);3*1H2/t9-,10-,11+,14-;;;/m1.../s1. The van der Waals surface area contributed by atoms with Crippen molar-refractivity contribution in [3.05, 3.63) is 35.4 Å². The second kappa shape index (κ2) is 9.40. The van der Waals surface area contributed by atoms with Crippen LogP contribution in [-0.2, 0) is 14.4 Å². The molecule has 2 fully saturated rings. The Bertz CT molecular complexity index is 830. The van der Waals surface area contributed by atoms with Gasteiger partial charge >= 0.3 is 11.9 Å². The van der Waals surface area contributed by atoms with E-state index in [2.05, 4.69) is 5.32 Å². The quantitative estimate of drug-likeness (QED) is 0.352. The molecule has 2 aliphatic heterocycles. The number of fused-ring (bicyclic) bond motifs is 1. The maximum absolute atomic E-state index is 12.4. The molecule has 0 bridgehead atoms. The van der Waals surface area contributed by atoms with Crippen LogP contribution in [0.4, 0.5) is 0 Å². The van der Waals surface area contributed by atoms with Gasteiger partial charge < -0.3 is 42.6 Å². The summed E-state index contributed by atoms with van der Waals surface area (Å²) >= 11 is 1.32.